The van der Waals surface area contributed by atoms with E-state index in [1.165, 1.54) is 12.1 Å². The Balaban J connectivity index is 2.04. The molecule has 0 radical (unpaired) electrons. The predicted molar refractivity (Wildman–Crippen MR) is 75.8 cm³/mol. The van der Waals surface area contributed by atoms with Crippen LogP contribution in [0.2, 0.25) is 0 Å². The second kappa shape index (κ2) is 5.87. The van der Waals surface area contributed by atoms with Gasteiger partial charge in [0.05, 0.1) is 11.1 Å². The number of anilines is 1. The van der Waals surface area contributed by atoms with E-state index in [1.807, 2.05) is 19.9 Å². The van der Waals surface area contributed by atoms with Gasteiger partial charge in [0.25, 0.3) is 5.69 Å². The summed E-state index contributed by atoms with van der Waals surface area (Å²) in [6, 6.07) is 7.95. The zero-order chi connectivity index (χ0) is 14.5. The van der Waals surface area contributed by atoms with Crippen LogP contribution in [-0.4, -0.2) is 21.1 Å². The summed E-state index contributed by atoms with van der Waals surface area (Å²) in [5.41, 5.74) is 5.22. The largest absolute Gasteiger partial charge is 0.269 e. The molecule has 1 N–H and O–H groups in total. The number of aryl methyl sites for hydroxylation is 2. The molecule has 7 heteroatoms. The van der Waals surface area contributed by atoms with E-state index in [2.05, 4.69) is 20.5 Å². The van der Waals surface area contributed by atoms with Crippen molar-refractivity contribution in [3.63, 3.8) is 0 Å². The van der Waals surface area contributed by atoms with Crippen LogP contribution in [0.5, 0.6) is 0 Å². The molecular formula is C13H13N5O2. The first kappa shape index (κ1) is 13.6. The SMILES string of the molecule is Cc1cc(C)nc(N/N=C\c2ccc([N+](=O)[O-])cc2)n1. The van der Waals surface area contributed by atoms with Gasteiger partial charge in [0, 0.05) is 23.5 Å². The highest BCUT2D eigenvalue weighted by atomic mass is 16.6. The van der Waals surface area contributed by atoms with Crippen LogP contribution in [0.15, 0.2) is 35.4 Å². The molecule has 0 amide bonds. The molecule has 1 aromatic carbocycles. The lowest BCUT2D eigenvalue weighted by atomic mass is 10.2. The van der Waals surface area contributed by atoms with Crippen LogP contribution in [0.4, 0.5) is 11.6 Å². The average Bonchev–Trinajstić information content (AvgIpc) is 2.38. The van der Waals surface area contributed by atoms with Crippen molar-refractivity contribution in [3.05, 3.63) is 57.4 Å². The van der Waals surface area contributed by atoms with Crippen LogP contribution < -0.4 is 5.43 Å². The summed E-state index contributed by atoms with van der Waals surface area (Å²) in [5, 5.41) is 14.5. The van der Waals surface area contributed by atoms with E-state index in [0.717, 1.165) is 17.0 Å². The molecule has 0 bridgehead atoms. The quantitative estimate of drug-likeness (QED) is 0.523. The number of rotatable bonds is 4. The third kappa shape index (κ3) is 3.58. The number of nitro groups is 1. The average molecular weight is 271 g/mol. The molecule has 0 spiro atoms. The molecule has 0 aliphatic carbocycles. The van der Waals surface area contributed by atoms with Crippen LogP contribution in [-0.2, 0) is 0 Å². The van der Waals surface area contributed by atoms with E-state index >= 15 is 0 Å². The number of non-ortho nitro benzene ring substituents is 1. The summed E-state index contributed by atoms with van der Waals surface area (Å²) >= 11 is 0. The van der Waals surface area contributed by atoms with Gasteiger partial charge in [0.2, 0.25) is 5.95 Å². The molecule has 7 nitrogen and oxygen atoms in total. The normalized spacial score (nSPS) is 10.7. The van der Waals surface area contributed by atoms with Crippen molar-refractivity contribution in [2.45, 2.75) is 13.8 Å². The standard InChI is InChI=1S/C13H13N5O2/c1-9-7-10(2)16-13(15-9)17-14-8-11-3-5-12(6-4-11)18(19)20/h3-8H,1-2H3,(H,15,16,17)/b14-8-. The Labute approximate surface area is 115 Å². The number of nitrogens with one attached hydrogen (secondary N) is 1. The minimum absolute atomic E-state index is 0.0488. The van der Waals surface area contributed by atoms with Crippen LogP contribution in [0.25, 0.3) is 0 Å². The van der Waals surface area contributed by atoms with Gasteiger partial charge < -0.3 is 0 Å². The minimum atomic E-state index is -0.442. The summed E-state index contributed by atoms with van der Waals surface area (Å²) < 4.78 is 0. The fourth-order valence-corrected chi connectivity index (χ4v) is 1.62. The van der Waals surface area contributed by atoms with Gasteiger partial charge in [-0.2, -0.15) is 5.10 Å². The molecule has 2 rings (SSSR count). The highest BCUT2D eigenvalue weighted by molar-refractivity contribution is 5.80. The van der Waals surface area contributed by atoms with Gasteiger partial charge in [-0.15, -0.1) is 0 Å². The van der Waals surface area contributed by atoms with Gasteiger partial charge >= 0.3 is 0 Å². The number of benzene rings is 1. The van der Waals surface area contributed by atoms with E-state index in [9.17, 15) is 10.1 Å². The van der Waals surface area contributed by atoms with Crippen LogP contribution in [0.3, 0.4) is 0 Å². The molecule has 0 aliphatic heterocycles. The van der Waals surface area contributed by atoms with Crippen molar-refractivity contribution in [3.8, 4) is 0 Å². The highest BCUT2D eigenvalue weighted by Gasteiger charge is 2.02. The topological polar surface area (TPSA) is 93.3 Å². The number of hydrogen-bond acceptors (Lipinski definition) is 6. The van der Waals surface area contributed by atoms with E-state index in [1.54, 1.807) is 18.3 Å². The summed E-state index contributed by atoms with van der Waals surface area (Å²) in [6.07, 6.45) is 1.55. The Kier molecular flexibility index (Phi) is 3.99. The number of hydrazone groups is 1. The van der Waals surface area contributed by atoms with Crippen LogP contribution in [0, 0.1) is 24.0 Å². The van der Waals surface area contributed by atoms with Gasteiger partial charge in [-0.3, -0.25) is 10.1 Å². The predicted octanol–water partition coefficient (Wildman–Crippen LogP) is 2.45. The molecule has 2 aromatic rings. The summed E-state index contributed by atoms with van der Waals surface area (Å²) in [6.45, 7) is 3.75. The zero-order valence-corrected chi connectivity index (χ0v) is 11.1. The lowest BCUT2D eigenvalue weighted by Gasteiger charge is -2.01. The maximum atomic E-state index is 10.5. The summed E-state index contributed by atoms with van der Waals surface area (Å²) in [7, 11) is 0. The van der Waals surface area contributed by atoms with E-state index in [0.29, 0.717) is 5.95 Å². The van der Waals surface area contributed by atoms with Gasteiger partial charge in [0.15, 0.2) is 0 Å². The maximum Gasteiger partial charge on any atom is 0.269 e. The van der Waals surface area contributed by atoms with Gasteiger partial charge in [-0.1, -0.05) is 0 Å². The number of aromatic nitrogens is 2. The second-order valence-corrected chi connectivity index (χ2v) is 4.19. The molecule has 0 unspecified atom stereocenters. The first-order chi connectivity index (χ1) is 9.54. The Morgan fingerprint density at radius 1 is 1.20 bits per heavy atom. The lowest BCUT2D eigenvalue weighted by molar-refractivity contribution is -0.384. The highest BCUT2D eigenvalue weighted by Crippen LogP contribution is 2.10. The lowest BCUT2D eigenvalue weighted by Crippen LogP contribution is -1.99. The van der Waals surface area contributed by atoms with Gasteiger partial charge in [-0.25, -0.2) is 15.4 Å². The smallest absolute Gasteiger partial charge is 0.258 e. The second-order valence-electron chi connectivity index (χ2n) is 4.19. The van der Waals surface area contributed by atoms with Crippen molar-refractivity contribution < 1.29 is 4.92 Å². The van der Waals surface area contributed by atoms with Crippen molar-refractivity contribution in [2.24, 2.45) is 5.10 Å². The molecule has 0 atom stereocenters. The van der Waals surface area contributed by atoms with E-state index < -0.39 is 4.92 Å². The molecule has 102 valence electrons. The third-order valence-electron chi connectivity index (χ3n) is 2.46. The Morgan fingerprint density at radius 2 is 1.80 bits per heavy atom. The summed E-state index contributed by atoms with van der Waals surface area (Å²) in [4.78, 5) is 18.4. The molecule has 1 heterocycles. The zero-order valence-electron chi connectivity index (χ0n) is 11.1. The minimum Gasteiger partial charge on any atom is -0.258 e. The molecule has 20 heavy (non-hydrogen) atoms. The Bertz CT molecular complexity index is 632. The Hall–Kier alpha value is -2.83. The monoisotopic (exact) mass is 271 g/mol. The number of hydrogen-bond donors (Lipinski definition) is 1. The first-order valence-electron chi connectivity index (χ1n) is 5.90. The Morgan fingerprint density at radius 3 is 2.35 bits per heavy atom. The van der Waals surface area contributed by atoms with Crippen molar-refractivity contribution >= 4 is 17.9 Å². The van der Waals surface area contributed by atoms with Crippen molar-refractivity contribution in [1.29, 1.82) is 0 Å². The molecule has 0 saturated heterocycles. The third-order valence-corrected chi connectivity index (χ3v) is 2.46. The summed E-state index contributed by atoms with van der Waals surface area (Å²) in [5.74, 6) is 0.417. The fourth-order valence-electron chi connectivity index (χ4n) is 1.62. The molecular weight excluding hydrogens is 258 g/mol. The molecule has 0 aliphatic rings. The maximum absolute atomic E-state index is 10.5. The molecule has 0 saturated carbocycles. The number of nitrogens with zero attached hydrogens (tertiary/aromatic N) is 4. The van der Waals surface area contributed by atoms with Crippen LogP contribution >= 0.6 is 0 Å². The van der Waals surface area contributed by atoms with Crippen LogP contribution in [0.1, 0.15) is 17.0 Å². The number of nitro benzene ring substituents is 1. The van der Waals surface area contributed by atoms with Gasteiger partial charge in [-0.05, 0) is 37.6 Å². The van der Waals surface area contributed by atoms with Crippen molar-refractivity contribution in [1.82, 2.24) is 9.97 Å². The first-order valence-corrected chi connectivity index (χ1v) is 5.90. The fraction of sp³-hybridized carbons (Fsp3) is 0.154. The van der Waals surface area contributed by atoms with Gasteiger partial charge in [0.1, 0.15) is 0 Å². The molecule has 0 fully saturated rings. The van der Waals surface area contributed by atoms with Crippen molar-refractivity contribution in [2.75, 3.05) is 5.43 Å². The molecule has 1 aromatic heterocycles. The van der Waals surface area contributed by atoms with E-state index in [-0.39, 0.29) is 5.69 Å². The van der Waals surface area contributed by atoms with E-state index in [4.69, 9.17) is 0 Å².